The van der Waals surface area contributed by atoms with Gasteiger partial charge in [-0.2, -0.15) is 0 Å². The number of anilines is 2. The van der Waals surface area contributed by atoms with Gasteiger partial charge in [0, 0.05) is 33.8 Å². The van der Waals surface area contributed by atoms with Gasteiger partial charge >= 0.3 is 0 Å². The standard InChI is InChI=1S/C24H17NO/c1-3-8-17(9-4-1)20-12-7-13-22-21-15-14-19(16-23(21)26-24(20)22)25-18-10-5-2-6-11-18/h1-16,25H. The summed E-state index contributed by atoms with van der Waals surface area (Å²) in [6, 6.07) is 33.2. The summed E-state index contributed by atoms with van der Waals surface area (Å²) < 4.78 is 6.28. The summed E-state index contributed by atoms with van der Waals surface area (Å²) in [7, 11) is 0. The normalized spacial score (nSPS) is 11.1. The Balaban J connectivity index is 1.65. The molecule has 4 aromatic carbocycles. The van der Waals surface area contributed by atoms with Crippen LogP contribution in [0.3, 0.4) is 0 Å². The molecule has 0 unspecified atom stereocenters. The van der Waals surface area contributed by atoms with Crippen LogP contribution in [0.2, 0.25) is 0 Å². The molecule has 2 nitrogen and oxygen atoms in total. The van der Waals surface area contributed by atoms with Gasteiger partial charge in [0.2, 0.25) is 0 Å². The molecule has 0 aliphatic heterocycles. The van der Waals surface area contributed by atoms with Gasteiger partial charge in [-0.3, -0.25) is 0 Å². The quantitative estimate of drug-likeness (QED) is 0.384. The SMILES string of the molecule is c1ccc(Nc2ccc3c(c2)oc2c(-c4ccccc4)cccc23)cc1. The fourth-order valence-corrected chi connectivity index (χ4v) is 3.41. The van der Waals surface area contributed by atoms with Crippen molar-refractivity contribution in [2.75, 3.05) is 5.32 Å². The van der Waals surface area contributed by atoms with E-state index in [-0.39, 0.29) is 0 Å². The Bertz CT molecular complexity index is 1190. The zero-order chi connectivity index (χ0) is 17.3. The molecule has 124 valence electrons. The van der Waals surface area contributed by atoms with E-state index in [1.165, 1.54) is 5.56 Å². The van der Waals surface area contributed by atoms with Crippen molar-refractivity contribution >= 4 is 33.3 Å². The van der Waals surface area contributed by atoms with Gasteiger partial charge in [-0.25, -0.2) is 0 Å². The number of benzene rings is 4. The summed E-state index contributed by atoms with van der Waals surface area (Å²) in [5.41, 5.74) is 6.20. The number of hydrogen-bond acceptors (Lipinski definition) is 2. The highest BCUT2D eigenvalue weighted by atomic mass is 16.3. The molecule has 0 amide bonds. The smallest absolute Gasteiger partial charge is 0.143 e. The molecule has 2 heteroatoms. The summed E-state index contributed by atoms with van der Waals surface area (Å²) >= 11 is 0. The van der Waals surface area contributed by atoms with E-state index in [2.05, 4.69) is 78.1 Å². The van der Waals surface area contributed by atoms with Crippen LogP contribution < -0.4 is 5.32 Å². The van der Waals surface area contributed by atoms with E-state index in [0.29, 0.717) is 0 Å². The van der Waals surface area contributed by atoms with Crippen molar-refractivity contribution in [3.8, 4) is 11.1 Å². The van der Waals surface area contributed by atoms with Crippen LogP contribution in [0.1, 0.15) is 0 Å². The van der Waals surface area contributed by atoms with Crippen LogP contribution in [0.5, 0.6) is 0 Å². The van der Waals surface area contributed by atoms with Crippen LogP contribution in [0.25, 0.3) is 33.1 Å². The van der Waals surface area contributed by atoms with Crippen LogP contribution in [0.4, 0.5) is 11.4 Å². The number of para-hydroxylation sites is 2. The number of furan rings is 1. The Morgan fingerprint density at radius 3 is 2.15 bits per heavy atom. The van der Waals surface area contributed by atoms with Gasteiger partial charge < -0.3 is 9.73 Å². The predicted octanol–water partition coefficient (Wildman–Crippen LogP) is 7.00. The molecule has 0 bridgehead atoms. The first kappa shape index (κ1) is 14.8. The topological polar surface area (TPSA) is 25.2 Å². The van der Waals surface area contributed by atoms with Gasteiger partial charge in [0.1, 0.15) is 11.2 Å². The van der Waals surface area contributed by atoms with Gasteiger partial charge in [0.05, 0.1) is 0 Å². The Morgan fingerprint density at radius 1 is 0.577 bits per heavy atom. The Hall–Kier alpha value is -3.52. The van der Waals surface area contributed by atoms with Gasteiger partial charge in [-0.15, -0.1) is 0 Å². The minimum atomic E-state index is 0.893. The second kappa shape index (κ2) is 6.08. The van der Waals surface area contributed by atoms with E-state index < -0.39 is 0 Å². The predicted molar refractivity (Wildman–Crippen MR) is 109 cm³/mol. The third kappa shape index (κ3) is 2.52. The highest BCUT2D eigenvalue weighted by molar-refractivity contribution is 6.10. The first-order valence-electron chi connectivity index (χ1n) is 8.71. The molecule has 0 saturated heterocycles. The van der Waals surface area contributed by atoms with Crippen LogP contribution >= 0.6 is 0 Å². The molecule has 0 fully saturated rings. The average molecular weight is 335 g/mol. The van der Waals surface area contributed by atoms with Crippen LogP contribution in [-0.2, 0) is 0 Å². The lowest BCUT2D eigenvalue weighted by atomic mass is 10.0. The summed E-state index contributed by atoms with van der Waals surface area (Å²) in [5.74, 6) is 0. The minimum Gasteiger partial charge on any atom is -0.455 e. The summed E-state index contributed by atoms with van der Waals surface area (Å²) in [5, 5.41) is 5.71. The number of rotatable bonds is 3. The second-order valence-corrected chi connectivity index (χ2v) is 6.35. The van der Waals surface area contributed by atoms with Crippen molar-refractivity contribution in [1.29, 1.82) is 0 Å². The maximum Gasteiger partial charge on any atom is 0.143 e. The molecule has 0 aliphatic carbocycles. The lowest BCUT2D eigenvalue weighted by molar-refractivity contribution is 0.670. The largest absolute Gasteiger partial charge is 0.455 e. The third-order valence-electron chi connectivity index (χ3n) is 4.65. The van der Waals surface area contributed by atoms with E-state index in [1.807, 2.05) is 24.3 Å². The highest BCUT2D eigenvalue weighted by Crippen LogP contribution is 2.36. The van der Waals surface area contributed by atoms with Crippen LogP contribution in [0, 0.1) is 0 Å². The average Bonchev–Trinajstić information content (AvgIpc) is 3.07. The molecule has 1 aromatic heterocycles. The zero-order valence-electron chi connectivity index (χ0n) is 14.1. The van der Waals surface area contributed by atoms with Crippen molar-refractivity contribution in [2.24, 2.45) is 0 Å². The van der Waals surface area contributed by atoms with Crippen molar-refractivity contribution in [3.05, 3.63) is 97.1 Å². The minimum absolute atomic E-state index is 0.893. The van der Waals surface area contributed by atoms with Crippen molar-refractivity contribution < 1.29 is 4.42 Å². The Labute approximate surface area is 151 Å². The molecular formula is C24H17NO. The fraction of sp³-hybridized carbons (Fsp3) is 0. The second-order valence-electron chi connectivity index (χ2n) is 6.35. The molecule has 5 aromatic rings. The van der Waals surface area contributed by atoms with E-state index in [9.17, 15) is 0 Å². The molecular weight excluding hydrogens is 318 g/mol. The maximum atomic E-state index is 6.28. The Morgan fingerprint density at radius 2 is 1.35 bits per heavy atom. The number of fused-ring (bicyclic) bond motifs is 3. The molecule has 5 rings (SSSR count). The summed E-state index contributed by atoms with van der Waals surface area (Å²) in [4.78, 5) is 0. The van der Waals surface area contributed by atoms with Crippen LogP contribution in [-0.4, -0.2) is 0 Å². The number of hydrogen-bond donors (Lipinski definition) is 1. The number of nitrogens with one attached hydrogen (secondary N) is 1. The van der Waals surface area contributed by atoms with Crippen molar-refractivity contribution in [1.82, 2.24) is 0 Å². The Kier molecular flexibility index (Phi) is 3.46. The lowest BCUT2D eigenvalue weighted by Crippen LogP contribution is -1.88. The molecule has 1 heterocycles. The third-order valence-corrected chi connectivity index (χ3v) is 4.65. The van der Waals surface area contributed by atoms with Gasteiger partial charge in [-0.05, 0) is 29.8 Å². The van der Waals surface area contributed by atoms with E-state index >= 15 is 0 Å². The van der Waals surface area contributed by atoms with Crippen LogP contribution in [0.15, 0.2) is 101 Å². The molecule has 0 aliphatic rings. The van der Waals surface area contributed by atoms with E-state index in [4.69, 9.17) is 4.42 Å². The monoisotopic (exact) mass is 335 g/mol. The molecule has 0 radical (unpaired) electrons. The molecule has 0 spiro atoms. The van der Waals surface area contributed by atoms with E-state index in [1.54, 1.807) is 0 Å². The van der Waals surface area contributed by atoms with Gasteiger partial charge in [0.15, 0.2) is 0 Å². The molecule has 0 saturated carbocycles. The highest BCUT2D eigenvalue weighted by Gasteiger charge is 2.12. The zero-order valence-corrected chi connectivity index (χ0v) is 14.1. The lowest BCUT2D eigenvalue weighted by Gasteiger charge is -2.05. The molecule has 26 heavy (non-hydrogen) atoms. The van der Waals surface area contributed by atoms with Crippen molar-refractivity contribution in [2.45, 2.75) is 0 Å². The molecule has 1 N–H and O–H groups in total. The van der Waals surface area contributed by atoms with Crippen molar-refractivity contribution in [3.63, 3.8) is 0 Å². The van der Waals surface area contributed by atoms with E-state index in [0.717, 1.165) is 38.9 Å². The molecule has 0 atom stereocenters. The van der Waals surface area contributed by atoms with Gasteiger partial charge in [-0.1, -0.05) is 66.7 Å². The van der Waals surface area contributed by atoms with Gasteiger partial charge in [0.25, 0.3) is 0 Å². The summed E-state index contributed by atoms with van der Waals surface area (Å²) in [6.45, 7) is 0. The summed E-state index contributed by atoms with van der Waals surface area (Å²) in [6.07, 6.45) is 0. The maximum absolute atomic E-state index is 6.28. The first-order valence-corrected chi connectivity index (χ1v) is 8.71. The first-order chi connectivity index (χ1) is 12.9. The fourth-order valence-electron chi connectivity index (χ4n) is 3.41.